The van der Waals surface area contributed by atoms with Crippen LogP contribution in [0, 0.1) is 0 Å². The lowest BCUT2D eigenvalue weighted by molar-refractivity contribution is 0.415. The van der Waals surface area contributed by atoms with Crippen LogP contribution in [0.25, 0.3) is 11.0 Å². The van der Waals surface area contributed by atoms with Gasteiger partial charge in [-0.05, 0) is 35.4 Å². The molecule has 0 unspecified atom stereocenters. The Bertz CT molecular complexity index is 1330. The molecule has 8 heteroatoms. The summed E-state index contributed by atoms with van der Waals surface area (Å²) >= 11 is 7.29. The maximum atomic E-state index is 12.7. The summed E-state index contributed by atoms with van der Waals surface area (Å²) in [6.07, 6.45) is 1.95. The molecule has 0 atom stereocenters. The van der Waals surface area contributed by atoms with Gasteiger partial charge in [-0.25, -0.2) is 0 Å². The van der Waals surface area contributed by atoms with Gasteiger partial charge in [-0.2, -0.15) is 14.6 Å². The Hall–Kier alpha value is -3.03. The minimum Gasteiger partial charge on any atom is -0.497 e. The van der Waals surface area contributed by atoms with Crippen molar-refractivity contribution in [3.63, 3.8) is 0 Å². The second-order valence-electron chi connectivity index (χ2n) is 6.02. The van der Waals surface area contributed by atoms with Crippen molar-refractivity contribution in [1.82, 2.24) is 14.6 Å². The fourth-order valence-corrected chi connectivity index (χ4v) is 3.83. The lowest BCUT2D eigenvalue weighted by Crippen LogP contribution is -2.28. The van der Waals surface area contributed by atoms with Crippen LogP contribution in [0.2, 0.25) is 5.02 Å². The Morgan fingerprint density at radius 3 is 2.61 bits per heavy atom. The van der Waals surface area contributed by atoms with Crippen molar-refractivity contribution in [1.29, 1.82) is 0 Å². The van der Waals surface area contributed by atoms with E-state index in [2.05, 4.69) is 10.1 Å². The van der Waals surface area contributed by atoms with E-state index in [4.69, 9.17) is 16.3 Å². The third kappa shape index (κ3) is 3.54. The Morgan fingerprint density at radius 1 is 1.14 bits per heavy atom. The summed E-state index contributed by atoms with van der Waals surface area (Å²) in [5.74, 6) is 0.730. The van der Waals surface area contributed by atoms with E-state index >= 15 is 0 Å². The van der Waals surface area contributed by atoms with Crippen LogP contribution in [0.15, 0.2) is 58.1 Å². The zero-order chi connectivity index (χ0) is 19.7. The fraction of sp³-hybridized carbons (Fsp3) is 0.100. The Labute approximate surface area is 168 Å². The second-order valence-corrected chi connectivity index (χ2v) is 7.43. The van der Waals surface area contributed by atoms with E-state index in [1.54, 1.807) is 19.3 Å². The molecule has 0 aliphatic carbocycles. The van der Waals surface area contributed by atoms with Crippen molar-refractivity contribution < 1.29 is 4.74 Å². The third-order valence-corrected chi connectivity index (χ3v) is 5.51. The highest BCUT2D eigenvalue weighted by atomic mass is 35.5. The molecule has 0 bridgehead atoms. The van der Waals surface area contributed by atoms with Gasteiger partial charge in [0.1, 0.15) is 11.4 Å². The van der Waals surface area contributed by atoms with Crippen LogP contribution in [0.3, 0.4) is 0 Å². The molecule has 0 fully saturated rings. The van der Waals surface area contributed by atoms with Gasteiger partial charge in [-0.1, -0.05) is 53.3 Å². The molecule has 0 saturated heterocycles. The number of fused-ring (bicyclic) bond motifs is 1. The molecule has 140 valence electrons. The van der Waals surface area contributed by atoms with Gasteiger partial charge in [-0.15, -0.1) is 0 Å². The van der Waals surface area contributed by atoms with Crippen molar-refractivity contribution in [2.75, 3.05) is 7.11 Å². The lowest BCUT2D eigenvalue weighted by atomic mass is 10.1. The number of thiazole rings is 1. The fourth-order valence-electron chi connectivity index (χ4n) is 2.73. The Balaban J connectivity index is 1.79. The molecular weight excluding hydrogens is 398 g/mol. The molecule has 0 N–H and O–H groups in total. The maximum Gasteiger partial charge on any atom is 0.296 e. The number of benzene rings is 2. The summed E-state index contributed by atoms with van der Waals surface area (Å²) in [6, 6.07) is 14.5. The van der Waals surface area contributed by atoms with E-state index in [-0.39, 0.29) is 22.6 Å². The summed E-state index contributed by atoms with van der Waals surface area (Å²) in [6.45, 7) is 0. The molecule has 6 nitrogen and oxygen atoms in total. The minimum atomic E-state index is -0.461. The minimum absolute atomic E-state index is 0.177. The molecule has 0 saturated carbocycles. The van der Waals surface area contributed by atoms with Gasteiger partial charge in [-0.3, -0.25) is 9.59 Å². The van der Waals surface area contributed by atoms with Gasteiger partial charge in [0, 0.05) is 11.4 Å². The first-order chi connectivity index (χ1) is 13.5. The van der Waals surface area contributed by atoms with Crippen LogP contribution >= 0.6 is 22.9 Å². The molecule has 2 aromatic heterocycles. The molecule has 0 radical (unpaired) electrons. The quantitative estimate of drug-likeness (QED) is 0.515. The van der Waals surface area contributed by atoms with Crippen LogP contribution in [0.5, 0.6) is 5.75 Å². The van der Waals surface area contributed by atoms with Gasteiger partial charge in [0.25, 0.3) is 11.1 Å². The van der Waals surface area contributed by atoms with E-state index < -0.39 is 5.56 Å². The summed E-state index contributed by atoms with van der Waals surface area (Å²) in [7, 11) is 1.59. The highest BCUT2D eigenvalue weighted by molar-refractivity contribution is 7.15. The number of nitrogens with zero attached hydrogens (tertiary/aromatic N) is 3. The van der Waals surface area contributed by atoms with Crippen molar-refractivity contribution in [3.8, 4) is 5.75 Å². The molecule has 0 aliphatic rings. The third-order valence-electron chi connectivity index (χ3n) is 4.18. The number of aromatic nitrogens is 3. The SMILES string of the molecule is COc1ccc(C=c2sc3nc(=O)c(Cc4ccccc4Cl)nn3c2=O)cc1. The van der Waals surface area contributed by atoms with E-state index in [0.717, 1.165) is 28.2 Å². The Kier molecular flexibility index (Phi) is 4.93. The largest absolute Gasteiger partial charge is 0.497 e. The normalized spacial score (nSPS) is 11.9. The zero-order valence-corrected chi connectivity index (χ0v) is 16.3. The smallest absolute Gasteiger partial charge is 0.296 e. The lowest BCUT2D eigenvalue weighted by Gasteiger charge is -2.02. The number of halogens is 1. The molecular formula is C20H14ClN3O3S. The van der Waals surface area contributed by atoms with Crippen molar-refractivity contribution in [3.05, 3.63) is 95.6 Å². The molecule has 0 spiro atoms. The van der Waals surface area contributed by atoms with Gasteiger partial charge < -0.3 is 4.74 Å². The number of ether oxygens (including phenoxy) is 1. The van der Waals surface area contributed by atoms with Crippen LogP contribution in [0.1, 0.15) is 16.8 Å². The molecule has 2 aromatic carbocycles. The molecule has 2 heterocycles. The highest BCUT2D eigenvalue weighted by Gasteiger charge is 2.12. The zero-order valence-electron chi connectivity index (χ0n) is 14.8. The van der Waals surface area contributed by atoms with Gasteiger partial charge in [0.2, 0.25) is 4.96 Å². The monoisotopic (exact) mass is 411 g/mol. The molecule has 0 amide bonds. The summed E-state index contributed by atoms with van der Waals surface area (Å²) in [5, 5.41) is 4.78. The van der Waals surface area contributed by atoms with Crippen molar-refractivity contribution in [2.24, 2.45) is 0 Å². The van der Waals surface area contributed by atoms with E-state index in [1.165, 1.54) is 4.52 Å². The molecule has 28 heavy (non-hydrogen) atoms. The average molecular weight is 412 g/mol. The summed E-state index contributed by atoms with van der Waals surface area (Å²) in [4.78, 5) is 29.4. The average Bonchev–Trinajstić information content (AvgIpc) is 2.99. The molecule has 4 aromatic rings. The van der Waals surface area contributed by atoms with Gasteiger partial charge >= 0.3 is 0 Å². The number of hydrogen-bond acceptors (Lipinski definition) is 6. The highest BCUT2D eigenvalue weighted by Crippen LogP contribution is 2.17. The van der Waals surface area contributed by atoms with Crippen LogP contribution < -0.4 is 20.4 Å². The Morgan fingerprint density at radius 2 is 1.89 bits per heavy atom. The van der Waals surface area contributed by atoms with Crippen LogP contribution in [-0.2, 0) is 6.42 Å². The standard InChI is InChI=1S/C20H14ClN3O3S/c1-27-14-8-6-12(7-9-14)10-17-19(26)24-20(28-17)22-18(25)16(23-24)11-13-4-2-3-5-15(13)21/h2-10H,11H2,1H3. The summed E-state index contributed by atoms with van der Waals surface area (Å²) < 4.78 is 6.75. The van der Waals surface area contributed by atoms with E-state index in [0.29, 0.717) is 9.55 Å². The first kappa shape index (κ1) is 18.3. The van der Waals surface area contributed by atoms with Crippen molar-refractivity contribution in [2.45, 2.75) is 6.42 Å². The van der Waals surface area contributed by atoms with Crippen LogP contribution in [0.4, 0.5) is 0 Å². The number of hydrogen-bond donors (Lipinski definition) is 0. The molecule has 4 rings (SSSR count). The number of rotatable bonds is 4. The van der Waals surface area contributed by atoms with Gasteiger partial charge in [0.05, 0.1) is 11.6 Å². The first-order valence-corrected chi connectivity index (χ1v) is 9.56. The summed E-state index contributed by atoms with van der Waals surface area (Å²) in [5.41, 5.74) is 0.990. The number of methoxy groups -OCH3 is 1. The molecule has 0 aliphatic heterocycles. The predicted molar refractivity (Wildman–Crippen MR) is 109 cm³/mol. The predicted octanol–water partition coefficient (Wildman–Crippen LogP) is 2.31. The van der Waals surface area contributed by atoms with Gasteiger partial charge in [0.15, 0.2) is 0 Å². The first-order valence-electron chi connectivity index (χ1n) is 8.37. The second kappa shape index (κ2) is 7.53. The van der Waals surface area contributed by atoms with Crippen LogP contribution in [-0.4, -0.2) is 21.7 Å². The topological polar surface area (TPSA) is 73.6 Å². The van der Waals surface area contributed by atoms with E-state index in [1.807, 2.05) is 42.5 Å². The van der Waals surface area contributed by atoms with E-state index in [9.17, 15) is 9.59 Å². The maximum absolute atomic E-state index is 12.7. The van der Waals surface area contributed by atoms with Crippen molar-refractivity contribution >= 4 is 34.0 Å².